The van der Waals surface area contributed by atoms with Gasteiger partial charge < -0.3 is 5.32 Å². The summed E-state index contributed by atoms with van der Waals surface area (Å²) < 4.78 is 23.0. The highest BCUT2D eigenvalue weighted by Gasteiger charge is 2.17. The topological polar surface area (TPSA) is 46.2 Å². The van der Waals surface area contributed by atoms with Crippen LogP contribution >= 0.6 is 0 Å². The molecule has 0 amide bonds. The van der Waals surface area contributed by atoms with Crippen molar-refractivity contribution in [2.45, 2.75) is 13.0 Å². The Kier molecular flexibility index (Phi) is 4.29. The predicted molar refractivity (Wildman–Crippen MR) is 62.6 cm³/mol. The lowest BCUT2D eigenvalue weighted by Crippen LogP contribution is -2.26. The van der Waals surface area contributed by atoms with Gasteiger partial charge in [0, 0.05) is 11.8 Å². The van der Waals surface area contributed by atoms with E-state index in [9.17, 15) is 8.42 Å². The zero-order valence-corrected chi connectivity index (χ0v) is 9.92. The molecule has 3 nitrogen and oxygen atoms in total. The third-order valence-corrected chi connectivity index (χ3v) is 4.13. The van der Waals surface area contributed by atoms with Crippen molar-refractivity contribution >= 4 is 9.84 Å². The average molecular weight is 227 g/mol. The first-order valence-electron chi connectivity index (χ1n) is 5.01. The van der Waals surface area contributed by atoms with Crippen molar-refractivity contribution in [3.63, 3.8) is 0 Å². The van der Waals surface area contributed by atoms with Crippen LogP contribution in [0.2, 0.25) is 0 Å². The largest absolute Gasteiger partial charge is 0.312 e. The second-order valence-corrected chi connectivity index (χ2v) is 5.85. The summed E-state index contributed by atoms with van der Waals surface area (Å²) in [5.74, 6) is 0.349. The van der Waals surface area contributed by atoms with E-state index in [1.807, 2.05) is 30.3 Å². The smallest absolute Gasteiger partial charge is 0.151 e. The fourth-order valence-corrected chi connectivity index (χ4v) is 2.51. The summed E-state index contributed by atoms with van der Waals surface area (Å²) in [5, 5.41) is 3.03. The number of rotatable bonds is 5. The van der Waals surface area contributed by atoms with Gasteiger partial charge in [0.25, 0.3) is 0 Å². The quantitative estimate of drug-likeness (QED) is 0.826. The third-order valence-electron chi connectivity index (χ3n) is 2.41. The molecule has 0 aliphatic carbocycles. The Morgan fingerprint density at radius 1 is 1.27 bits per heavy atom. The molecule has 0 saturated heterocycles. The van der Waals surface area contributed by atoms with Gasteiger partial charge in [-0.2, -0.15) is 0 Å². The van der Waals surface area contributed by atoms with Crippen LogP contribution in [0.4, 0.5) is 0 Å². The molecule has 0 aliphatic rings. The maximum Gasteiger partial charge on any atom is 0.151 e. The van der Waals surface area contributed by atoms with Crippen LogP contribution in [0.15, 0.2) is 30.3 Å². The van der Waals surface area contributed by atoms with Crippen LogP contribution in [0.25, 0.3) is 0 Å². The third kappa shape index (κ3) is 3.64. The zero-order valence-electron chi connectivity index (χ0n) is 9.10. The predicted octanol–water partition coefficient (Wildman–Crippen LogP) is 1.38. The second-order valence-electron chi connectivity index (χ2n) is 3.45. The van der Waals surface area contributed by atoms with Gasteiger partial charge in [0.15, 0.2) is 9.84 Å². The normalized spacial score (nSPS) is 13.7. The minimum atomic E-state index is -2.94. The first kappa shape index (κ1) is 12.2. The van der Waals surface area contributed by atoms with Gasteiger partial charge in [0.1, 0.15) is 0 Å². The Morgan fingerprint density at radius 3 is 2.33 bits per heavy atom. The Bertz CT molecular complexity index is 386. The first-order valence-corrected chi connectivity index (χ1v) is 6.84. The number of hydrogen-bond donors (Lipinski definition) is 1. The lowest BCUT2D eigenvalue weighted by molar-refractivity contribution is 0.575. The molecule has 4 heteroatoms. The Hall–Kier alpha value is -0.870. The highest BCUT2D eigenvalue weighted by Crippen LogP contribution is 2.14. The van der Waals surface area contributed by atoms with Gasteiger partial charge in [0.2, 0.25) is 0 Å². The highest BCUT2D eigenvalue weighted by atomic mass is 32.2. The summed E-state index contributed by atoms with van der Waals surface area (Å²) in [6.45, 7) is 1.67. The van der Waals surface area contributed by atoms with Crippen molar-refractivity contribution in [2.75, 3.05) is 18.6 Å². The molecule has 0 heterocycles. The molecule has 1 N–H and O–H groups in total. The molecule has 0 bridgehead atoms. The van der Waals surface area contributed by atoms with E-state index in [1.54, 1.807) is 14.0 Å². The molecule has 1 rings (SSSR count). The van der Waals surface area contributed by atoms with E-state index < -0.39 is 9.84 Å². The molecule has 84 valence electrons. The highest BCUT2D eigenvalue weighted by molar-refractivity contribution is 7.91. The van der Waals surface area contributed by atoms with Crippen LogP contribution in [0.1, 0.15) is 18.5 Å². The number of sulfone groups is 1. The maximum atomic E-state index is 11.5. The summed E-state index contributed by atoms with van der Waals surface area (Å²) in [4.78, 5) is 0. The SMILES string of the molecule is CCS(=O)(=O)CC(NC)c1ccccc1. The lowest BCUT2D eigenvalue weighted by atomic mass is 10.1. The molecule has 1 atom stereocenters. The summed E-state index contributed by atoms with van der Waals surface area (Å²) in [7, 11) is -1.16. The van der Waals surface area contributed by atoms with Gasteiger partial charge in [0.05, 0.1) is 5.75 Å². The van der Waals surface area contributed by atoms with Gasteiger partial charge in [-0.05, 0) is 12.6 Å². The Morgan fingerprint density at radius 2 is 1.87 bits per heavy atom. The molecule has 1 unspecified atom stereocenters. The van der Waals surface area contributed by atoms with Crippen molar-refractivity contribution < 1.29 is 8.42 Å². The maximum absolute atomic E-state index is 11.5. The van der Waals surface area contributed by atoms with E-state index in [0.717, 1.165) is 5.56 Å². The number of benzene rings is 1. The lowest BCUT2D eigenvalue weighted by Gasteiger charge is -2.15. The summed E-state index contributed by atoms with van der Waals surface area (Å²) in [5.41, 5.74) is 1.01. The van der Waals surface area contributed by atoms with Gasteiger partial charge in [-0.25, -0.2) is 8.42 Å². The van der Waals surface area contributed by atoms with Gasteiger partial charge in [-0.3, -0.25) is 0 Å². The van der Waals surface area contributed by atoms with Crippen LogP contribution in [-0.4, -0.2) is 27.0 Å². The molecule has 1 aromatic carbocycles. The van der Waals surface area contributed by atoms with Crippen molar-refractivity contribution in [3.05, 3.63) is 35.9 Å². The summed E-state index contributed by atoms with van der Waals surface area (Å²) in [6, 6.07) is 9.51. The summed E-state index contributed by atoms with van der Waals surface area (Å²) >= 11 is 0. The van der Waals surface area contributed by atoms with Crippen molar-refractivity contribution in [3.8, 4) is 0 Å². The van der Waals surface area contributed by atoms with Crippen LogP contribution in [-0.2, 0) is 9.84 Å². The Balaban J connectivity index is 2.83. The second kappa shape index (κ2) is 5.28. The number of hydrogen-bond acceptors (Lipinski definition) is 3. The van der Waals surface area contributed by atoms with Crippen LogP contribution in [0.3, 0.4) is 0 Å². The van der Waals surface area contributed by atoms with E-state index in [2.05, 4.69) is 5.32 Å². The van der Waals surface area contributed by atoms with E-state index in [-0.39, 0.29) is 17.5 Å². The van der Waals surface area contributed by atoms with Crippen molar-refractivity contribution in [1.82, 2.24) is 5.32 Å². The van der Waals surface area contributed by atoms with Gasteiger partial charge in [-0.1, -0.05) is 37.3 Å². The van der Waals surface area contributed by atoms with Crippen LogP contribution < -0.4 is 5.32 Å². The molecule has 15 heavy (non-hydrogen) atoms. The van der Waals surface area contributed by atoms with Crippen molar-refractivity contribution in [2.24, 2.45) is 0 Å². The van der Waals surface area contributed by atoms with E-state index in [4.69, 9.17) is 0 Å². The molecule has 0 saturated carbocycles. The molecular weight excluding hydrogens is 210 g/mol. The Labute approximate surface area is 91.4 Å². The minimum absolute atomic E-state index is 0.115. The van der Waals surface area contributed by atoms with E-state index in [1.165, 1.54) is 0 Å². The molecule has 0 spiro atoms. The van der Waals surface area contributed by atoms with Crippen LogP contribution in [0, 0.1) is 0 Å². The zero-order chi connectivity index (χ0) is 11.3. The van der Waals surface area contributed by atoms with Gasteiger partial charge >= 0.3 is 0 Å². The number of nitrogens with one attached hydrogen (secondary N) is 1. The average Bonchev–Trinajstić information content (AvgIpc) is 2.27. The minimum Gasteiger partial charge on any atom is -0.312 e. The molecule has 0 fully saturated rings. The standard InChI is InChI=1S/C11H17NO2S/c1-3-15(13,14)9-11(12-2)10-7-5-4-6-8-10/h4-8,11-12H,3,9H2,1-2H3. The molecular formula is C11H17NO2S. The summed E-state index contributed by atoms with van der Waals surface area (Å²) in [6.07, 6.45) is 0. The fourth-order valence-electron chi connectivity index (χ4n) is 1.40. The van der Waals surface area contributed by atoms with E-state index in [0.29, 0.717) is 0 Å². The van der Waals surface area contributed by atoms with Crippen molar-refractivity contribution in [1.29, 1.82) is 0 Å². The molecule has 0 radical (unpaired) electrons. The fraction of sp³-hybridized carbons (Fsp3) is 0.455. The monoisotopic (exact) mass is 227 g/mol. The van der Waals surface area contributed by atoms with Gasteiger partial charge in [-0.15, -0.1) is 0 Å². The van der Waals surface area contributed by atoms with E-state index >= 15 is 0 Å². The van der Waals surface area contributed by atoms with Crippen LogP contribution in [0.5, 0.6) is 0 Å². The molecule has 0 aliphatic heterocycles. The first-order chi connectivity index (χ1) is 7.09. The molecule has 1 aromatic rings. The molecule has 0 aromatic heterocycles.